The molecule has 0 aliphatic carbocycles. The van der Waals surface area contributed by atoms with E-state index in [0.29, 0.717) is 5.15 Å². The monoisotopic (exact) mass is 345 g/mol. The first-order valence-electron chi connectivity index (χ1n) is 8.68. The number of ether oxygens (including phenoxy) is 1. The van der Waals surface area contributed by atoms with Crippen molar-refractivity contribution >= 4 is 11.6 Å². The molecule has 4 nitrogen and oxygen atoms in total. The lowest BCUT2D eigenvalue weighted by Gasteiger charge is -2.26. The highest BCUT2D eigenvalue weighted by Crippen LogP contribution is 2.25. The summed E-state index contributed by atoms with van der Waals surface area (Å²) in [5.41, 5.74) is 3.01. The molecule has 3 rings (SSSR count). The van der Waals surface area contributed by atoms with E-state index in [1.807, 2.05) is 18.2 Å². The second-order valence-electron chi connectivity index (χ2n) is 6.32. The van der Waals surface area contributed by atoms with Gasteiger partial charge in [-0.15, -0.1) is 10.2 Å². The fraction of sp³-hybridized carbons (Fsp3) is 0.474. The van der Waals surface area contributed by atoms with Gasteiger partial charge in [0.2, 0.25) is 0 Å². The van der Waals surface area contributed by atoms with Crippen molar-refractivity contribution in [1.82, 2.24) is 15.1 Å². The van der Waals surface area contributed by atoms with Crippen molar-refractivity contribution in [3.63, 3.8) is 0 Å². The molecule has 0 radical (unpaired) electrons. The zero-order valence-electron chi connectivity index (χ0n) is 14.2. The first kappa shape index (κ1) is 17.2. The van der Waals surface area contributed by atoms with E-state index < -0.39 is 0 Å². The Kier molecular flexibility index (Phi) is 6.05. The molecule has 1 aromatic carbocycles. The Morgan fingerprint density at radius 1 is 1.08 bits per heavy atom. The summed E-state index contributed by atoms with van der Waals surface area (Å²) in [6.07, 6.45) is 5.14. The van der Waals surface area contributed by atoms with Gasteiger partial charge < -0.3 is 9.64 Å². The number of aromatic nitrogens is 2. The van der Waals surface area contributed by atoms with E-state index in [1.165, 1.54) is 32.4 Å². The van der Waals surface area contributed by atoms with Gasteiger partial charge in [0.1, 0.15) is 5.75 Å². The molecule has 0 spiro atoms. The number of hydrogen-bond acceptors (Lipinski definition) is 4. The Hall–Kier alpha value is -1.65. The van der Waals surface area contributed by atoms with Crippen LogP contribution in [0.4, 0.5) is 0 Å². The largest absolute Gasteiger partial charge is 0.494 e. The van der Waals surface area contributed by atoms with E-state index in [2.05, 4.69) is 28.1 Å². The molecule has 0 atom stereocenters. The van der Waals surface area contributed by atoms with Crippen LogP contribution < -0.4 is 4.74 Å². The molecule has 5 heteroatoms. The average molecular weight is 346 g/mol. The van der Waals surface area contributed by atoms with Gasteiger partial charge in [0.15, 0.2) is 5.15 Å². The fourth-order valence-electron chi connectivity index (χ4n) is 3.13. The molecular formula is C19H24ClN3O. The minimum Gasteiger partial charge on any atom is -0.494 e. The van der Waals surface area contributed by atoms with Gasteiger partial charge in [0, 0.05) is 12.1 Å². The lowest BCUT2D eigenvalue weighted by Crippen LogP contribution is -2.31. The van der Waals surface area contributed by atoms with E-state index in [9.17, 15) is 0 Å². The molecule has 1 aliphatic rings. The van der Waals surface area contributed by atoms with Gasteiger partial charge in [-0.3, -0.25) is 0 Å². The number of nitrogens with zero attached hydrogens (tertiary/aromatic N) is 3. The van der Waals surface area contributed by atoms with Crippen LogP contribution in [0.25, 0.3) is 11.3 Å². The van der Waals surface area contributed by atoms with Crippen molar-refractivity contribution in [2.45, 2.75) is 32.6 Å². The second-order valence-corrected chi connectivity index (χ2v) is 6.71. The Morgan fingerprint density at radius 3 is 2.62 bits per heavy atom. The molecule has 1 fully saturated rings. The van der Waals surface area contributed by atoms with Gasteiger partial charge in [-0.05, 0) is 75.2 Å². The molecule has 2 aromatic rings. The van der Waals surface area contributed by atoms with Crippen LogP contribution >= 0.6 is 11.6 Å². The SMILES string of the molecule is Cc1cc(OCCCN2CCCCC2)ccc1-c1ccc(Cl)nn1. The molecule has 2 heterocycles. The predicted octanol–water partition coefficient (Wildman–Crippen LogP) is 4.36. The molecule has 1 aliphatic heterocycles. The Balaban J connectivity index is 1.51. The van der Waals surface area contributed by atoms with Gasteiger partial charge in [-0.25, -0.2) is 0 Å². The third-order valence-electron chi connectivity index (χ3n) is 4.44. The molecule has 0 amide bonds. The third kappa shape index (κ3) is 4.68. The molecular weight excluding hydrogens is 322 g/mol. The zero-order valence-corrected chi connectivity index (χ0v) is 14.9. The summed E-state index contributed by atoms with van der Waals surface area (Å²) in [6, 6.07) is 9.74. The standard InChI is InChI=1S/C19H24ClN3O/c1-15-14-16(24-13-5-12-23-10-3-2-4-11-23)6-7-17(15)18-8-9-19(20)22-21-18/h6-9,14H,2-5,10-13H2,1H3. The maximum Gasteiger partial charge on any atom is 0.151 e. The molecule has 24 heavy (non-hydrogen) atoms. The van der Waals surface area contributed by atoms with Gasteiger partial charge in [-0.1, -0.05) is 18.0 Å². The highest BCUT2D eigenvalue weighted by atomic mass is 35.5. The van der Waals surface area contributed by atoms with Crippen LogP contribution in [0.3, 0.4) is 0 Å². The van der Waals surface area contributed by atoms with Crippen LogP contribution in [-0.2, 0) is 0 Å². The van der Waals surface area contributed by atoms with Gasteiger partial charge in [0.05, 0.1) is 12.3 Å². The number of rotatable bonds is 6. The van der Waals surface area contributed by atoms with Crippen molar-refractivity contribution in [1.29, 1.82) is 0 Å². The van der Waals surface area contributed by atoms with Gasteiger partial charge in [-0.2, -0.15) is 0 Å². The van der Waals surface area contributed by atoms with Crippen LogP contribution in [-0.4, -0.2) is 41.3 Å². The smallest absolute Gasteiger partial charge is 0.151 e. The van der Waals surface area contributed by atoms with E-state index >= 15 is 0 Å². The average Bonchev–Trinajstić information content (AvgIpc) is 2.61. The molecule has 0 bridgehead atoms. The van der Waals surface area contributed by atoms with Crippen LogP contribution in [0.1, 0.15) is 31.2 Å². The molecule has 128 valence electrons. The topological polar surface area (TPSA) is 38.2 Å². The summed E-state index contributed by atoms with van der Waals surface area (Å²) < 4.78 is 5.90. The molecule has 0 saturated carbocycles. The van der Waals surface area contributed by atoms with Crippen LogP contribution in [0.2, 0.25) is 5.15 Å². The Morgan fingerprint density at radius 2 is 1.92 bits per heavy atom. The zero-order chi connectivity index (χ0) is 16.8. The fourth-order valence-corrected chi connectivity index (χ4v) is 3.23. The first-order chi connectivity index (χ1) is 11.7. The van der Waals surface area contributed by atoms with Crippen LogP contribution in [0.15, 0.2) is 30.3 Å². The number of halogens is 1. The quantitative estimate of drug-likeness (QED) is 0.729. The van der Waals surface area contributed by atoms with Crippen molar-refractivity contribution in [2.24, 2.45) is 0 Å². The maximum absolute atomic E-state index is 5.90. The molecule has 1 aromatic heterocycles. The summed E-state index contributed by atoms with van der Waals surface area (Å²) in [5, 5.41) is 8.45. The summed E-state index contributed by atoms with van der Waals surface area (Å²) >= 11 is 5.79. The predicted molar refractivity (Wildman–Crippen MR) is 97.6 cm³/mol. The normalized spacial score (nSPS) is 15.4. The summed E-state index contributed by atoms with van der Waals surface area (Å²) in [7, 11) is 0. The minimum absolute atomic E-state index is 0.407. The Labute approximate surface area is 148 Å². The van der Waals surface area contributed by atoms with E-state index in [4.69, 9.17) is 16.3 Å². The first-order valence-corrected chi connectivity index (χ1v) is 9.05. The van der Waals surface area contributed by atoms with E-state index in [0.717, 1.165) is 42.1 Å². The molecule has 0 unspecified atom stereocenters. The van der Waals surface area contributed by atoms with Crippen molar-refractivity contribution in [3.05, 3.63) is 41.0 Å². The Bertz CT molecular complexity index is 654. The lowest BCUT2D eigenvalue weighted by atomic mass is 10.1. The number of benzene rings is 1. The number of aryl methyl sites for hydroxylation is 1. The van der Waals surface area contributed by atoms with Gasteiger partial charge >= 0.3 is 0 Å². The highest BCUT2D eigenvalue weighted by Gasteiger charge is 2.09. The maximum atomic E-state index is 5.90. The summed E-state index contributed by atoms with van der Waals surface area (Å²) in [4.78, 5) is 2.54. The minimum atomic E-state index is 0.407. The second kappa shape index (κ2) is 8.45. The van der Waals surface area contributed by atoms with Crippen molar-refractivity contribution in [3.8, 4) is 17.0 Å². The molecule has 0 N–H and O–H groups in total. The highest BCUT2D eigenvalue weighted by molar-refractivity contribution is 6.29. The third-order valence-corrected chi connectivity index (χ3v) is 4.64. The van der Waals surface area contributed by atoms with E-state index in [1.54, 1.807) is 6.07 Å². The summed E-state index contributed by atoms with van der Waals surface area (Å²) in [6.45, 7) is 6.45. The number of piperidine rings is 1. The van der Waals surface area contributed by atoms with Crippen molar-refractivity contribution < 1.29 is 4.74 Å². The molecule has 1 saturated heterocycles. The lowest BCUT2D eigenvalue weighted by molar-refractivity contribution is 0.205. The van der Waals surface area contributed by atoms with E-state index in [-0.39, 0.29) is 0 Å². The number of hydrogen-bond donors (Lipinski definition) is 0. The summed E-state index contributed by atoms with van der Waals surface area (Å²) in [5.74, 6) is 0.914. The number of likely N-dealkylation sites (tertiary alicyclic amines) is 1. The van der Waals surface area contributed by atoms with Crippen molar-refractivity contribution in [2.75, 3.05) is 26.2 Å². The van der Waals surface area contributed by atoms with Crippen LogP contribution in [0, 0.1) is 6.92 Å². The van der Waals surface area contributed by atoms with Crippen LogP contribution in [0.5, 0.6) is 5.75 Å². The van der Waals surface area contributed by atoms with Gasteiger partial charge in [0.25, 0.3) is 0 Å².